The number of nitrogens with one attached hydrogen (secondary N) is 1. The molecule has 182 valence electrons. The van der Waals surface area contributed by atoms with E-state index < -0.39 is 11.4 Å². The van der Waals surface area contributed by atoms with Crippen molar-refractivity contribution < 1.29 is 19.4 Å². The fourth-order valence-electron chi connectivity index (χ4n) is 4.91. The molecule has 2 heterocycles. The van der Waals surface area contributed by atoms with E-state index in [-0.39, 0.29) is 11.5 Å². The maximum absolute atomic E-state index is 13.4. The third-order valence-electron chi connectivity index (χ3n) is 7.21. The summed E-state index contributed by atoms with van der Waals surface area (Å²) < 4.78 is 5.39. The van der Waals surface area contributed by atoms with Crippen molar-refractivity contribution in [2.75, 3.05) is 35.8 Å². The van der Waals surface area contributed by atoms with Crippen LogP contribution in [0.4, 0.5) is 23.1 Å². The first-order chi connectivity index (χ1) is 16.3. The van der Waals surface area contributed by atoms with Crippen LogP contribution in [0.1, 0.15) is 62.7 Å². The lowest BCUT2D eigenvalue weighted by Gasteiger charge is -2.38. The number of amides is 1. The Balaban J connectivity index is 1.75. The van der Waals surface area contributed by atoms with E-state index >= 15 is 0 Å². The number of fused-ring (bicyclic) bond motifs is 1. The highest BCUT2D eigenvalue weighted by atomic mass is 16.5. The van der Waals surface area contributed by atoms with E-state index in [9.17, 15) is 14.7 Å². The van der Waals surface area contributed by atoms with Crippen LogP contribution in [-0.2, 0) is 4.79 Å². The van der Waals surface area contributed by atoms with Crippen molar-refractivity contribution in [1.82, 2.24) is 9.97 Å². The number of ether oxygens (including phenoxy) is 1. The maximum atomic E-state index is 13.4. The van der Waals surface area contributed by atoms with Crippen molar-refractivity contribution in [3.63, 3.8) is 0 Å². The minimum Gasteiger partial charge on any atom is -0.495 e. The van der Waals surface area contributed by atoms with Crippen molar-refractivity contribution in [2.24, 2.45) is 5.41 Å². The first kappa shape index (κ1) is 23.8. The van der Waals surface area contributed by atoms with Crippen LogP contribution in [0.15, 0.2) is 24.4 Å². The molecule has 1 atom stereocenters. The zero-order valence-electron chi connectivity index (χ0n) is 20.3. The summed E-state index contributed by atoms with van der Waals surface area (Å²) in [6.45, 7) is 4.71. The van der Waals surface area contributed by atoms with E-state index in [0.29, 0.717) is 35.7 Å². The molecule has 2 aliphatic rings. The largest absolute Gasteiger partial charge is 0.495 e. The van der Waals surface area contributed by atoms with Gasteiger partial charge in [-0.2, -0.15) is 4.98 Å². The Bertz CT molecular complexity index is 1080. The molecule has 1 amide bonds. The van der Waals surface area contributed by atoms with Gasteiger partial charge in [0, 0.05) is 19.6 Å². The second-order valence-corrected chi connectivity index (χ2v) is 9.45. The molecule has 1 aromatic carbocycles. The molecule has 0 radical (unpaired) electrons. The van der Waals surface area contributed by atoms with Gasteiger partial charge in [0.05, 0.1) is 30.0 Å². The molecule has 34 heavy (non-hydrogen) atoms. The van der Waals surface area contributed by atoms with E-state index in [2.05, 4.69) is 22.1 Å². The topological polar surface area (TPSA) is 108 Å². The molecule has 0 spiro atoms. The molecule has 0 bridgehead atoms. The molecule has 1 fully saturated rings. The van der Waals surface area contributed by atoms with Gasteiger partial charge in [0.15, 0.2) is 5.82 Å². The van der Waals surface area contributed by atoms with Crippen LogP contribution in [0.2, 0.25) is 0 Å². The lowest BCUT2D eigenvalue weighted by molar-refractivity contribution is -0.126. The van der Waals surface area contributed by atoms with Gasteiger partial charge in [0.2, 0.25) is 11.9 Å². The molecule has 2 aromatic rings. The maximum Gasteiger partial charge on any atom is 0.335 e. The van der Waals surface area contributed by atoms with E-state index in [1.165, 1.54) is 38.5 Å². The summed E-state index contributed by atoms with van der Waals surface area (Å²) in [4.78, 5) is 38.1. The highest BCUT2D eigenvalue weighted by molar-refractivity contribution is 6.01. The van der Waals surface area contributed by atoms with Crippen LogP contribution >= 0.6 is 0 Å². The Kier molecular flexibility index (Phi) is 6.63. The molecule has 1 aromatic heterocycles. The highest BCUT2D eigenvalue weighted by Crippen LogP contribution is 2.41. The van der Waals surface area contributed by atoms with Crippen LogP contribution in [-0.4, -0.2) is 53.7 Å². The number of hydrogen-bond acceptors (Lipinski definition) is 7. The molecule has 1 unspecified atom stereocenters. The zero-order valence-corrected chi connectivity index (χ0v) is 20.3. The predicted molar refractivity (Wildman–Crippen MR) is 131 cm³/mol. The normalized spacial score (nSPS) is 21.1. The second-order valence-electron chi connectivity index (χ2n) is 9.45. The fraction of sp³-hybridized carbons (Fsp3) is 0.520. The van der Waals surface area contributed by atoms with Gasteiger partial charge in [-0.1, -0.05) is 26.2 Å². The van der Waals surface area contributed by atoms with Gasteiger partial charge in [0.25, 0.3) is 0 Å². The van der Waals surface area contributed by atoms with Gasteiger partial charge in [0.1, 0.15) is 11.4 Å². The minimum atomic E-state index is -1.03. The number of carbonyl (C=O) groups excluding carboxylic acids is 1. The van der Waals surface area contributed by atoms with Gasteiger partial charge in [-0.25, -0.2) is 9.78 Å². The number of carboxylic acids is 1. The Morgan fingerprint density at radius 1 is 1.29 bits per heavy atom. The van der Waals surface area contributed by atoms with Gasteiger partial charge >= 0.3 is 5.97 Å². The SMILES string of the molecule is CCC1(C)CN(C2CCCCC2)c2nc(Nc3ccc(C(=O)O)cc3OC)ncc2N(C)C1=O. The van der Waals surface area contributed by atoms with Crippen LogP contribution in [0.5, 0.6) is 5.75 Å². The van der Waals surface area contributed by atoms with Crippen molar-refractivity contribution >= 4 is 35.0 Å². The molecular weight excluding hydrogens is 434 g/mol. The quantitative estimate of drug-likeness (QED) is 0.641. The number of carbonyl (C=O) groups is 2. The molecule has 1 aliphatic carbocycles. The Morgan fingerprint density at radius 2 is 2.03 bits per heavy atom. The summed E-state index contributed by atoms with van der Waals surface area (Å²) in [6.07, 6.45) is 8.17. The van der Waals surface area contributed by atoms with E-state index in [1.807, 2.05) is 6.92 Å². The number of aromatic carboxylic acids is 1. The van der Waals surface area contributed by atoms with Crippen LogP contribution in [0, 0.1) is 5.41 Å². The van der Waals surface area contributed by atoms with Gasteiger partial charge in [-0.15, -0.1) is 0 Å². The van der Waals surface area contributed by atoms with Crippen molar-refractivity contribution in [3.05, 3.63) is 30.0 Å². The number of nitrogens with zero attached hydrogens (tertiary/aromatic N) is 4. The molecular formula is C25H33N5O4. The molecule has 9 nitrogen and oxygen atoms in total. The number of hydrogen-bond donors (Lipinski definition) is 2. The minimum absolute atomic E-state index is 0.0739. The molecule has 9 heteroatoms. The van der Waals surface area contributed by atoms with Gasteiger partial charge in [-0.05, 0) is 44.4 Å². The summed E-state index contributed by atoms with van der Waals surface area (Å²) in [6, 6.07) is 4.93. The van der Waals surface area contributed by atoms with Crippen LogP contribution in [0.3, 0.4) is 0 Å². The third-order valence-corrected chi connectivity index (χ3v) is 7.21. The molecule has 4 rings (SSSR count). The Labute approximate surface area is 200 Å². The van der Waals surface area contributed by atoms with Crippen molar-refractivity contribution in [2.45, 2.75) is 58.4 Å². The lowest BCUT2D eigenvalue weighted by Crippen LogP contribution is -2.47. The number of anilines is 4. The fourth-order valence-corrected chi connectivity index (χ4v) is 4.91. The monoisotopic (exact) mass is 467 g/mol. The third kappa shape index (κ3) is 4.38. The van der Waals surface area contributed by atoms with Crippen molar-refractivity contribution in [1.29, 1.82) is 0 Å². The van der Waals surface area contributed by atoms with E-state index in [1.54, 1.807) is 24.2 Å². The average molecular weight is 468 g/mol. The Hall–Kier alpha value is -3.36. The second kappa shape index (κ2) is 9.48. The summed E-state index contributed by atoms with van der Waals surface area (Å²) in [5.41, 5.74) is 0.878. The smallest absolute Gasteiger partial charge is 0.335 e. The highest BCUT2D eigenvalue weighted by Gasteiger charge is 2.43. The molecule has 2 N–H and O–H groups in total. The van der Waals surface area contributed by atoms with Crippen molar-refractivity contribution in [3.8, 4) is 5.75 Å². The number of rotatable bonds is 6. The number of benzene rings is 1. The summed E-state index contributed by atoms with van der Waals surface area (Å²) in [5.74, 6) is 0.541. The molecule has 0 saturated heterocycles. The predicted octanol–water partition coefficient (Wildman–Crippen LogP) is 4.46. The Morgan fingerprint density at radius 3 is 2.68 bits per heavy atom. The van der Waals surface area contributed by atoms with Crippen LogP contribution in [0.25, 0.3) is 0 Å². The van der Waals surface area contributed by atoms with Gasteiger partial charge in [-0.3, -0.25) is 4.79 Å². The zero-order chi connectivity index (χ0) is 24.5. The summed E-state index contributed by atoms with van der Waals surface area (Å²) >= 11 is 0. The summed E-state index contributed by atoms with van der Waals surface area (Å²) in [5, 5.41) is 12.4. The van der Waals surface area contributed by atoms with E-state index in [0.717, 1.165) is 25.1 Å². The molecule has 1 saturated carbocycles. The number of carboxylic acid groups (broad SMARTS) is 1. The first-order valence-electron chi connectivity index (χ1n) is 11.9. The summed E-state index contributed by atoms with van der Waals surface area (Å²) in [7, 11) is 3.28. The lowest BCUT2D eigenvalue weighted by atomic mass is 9.84. The number of methoxy groups -OCH3 is 1. The molecule has 1 aliphatic heterocycles. The first-order valence-corrected chi connectivity index (χ1v) is 11.9. The van der Waals surface area contributed by atoms with Crippen LogP contribution < -0.4 is 19.9 Å². The van der Waals surface area contributed by atoms with Gasteiger partial charge < -0.3 is 25.0 Å². The number of aromatic nitrogens is 2. The standard InChI is InChI=1S/C25H33N5O4/c1-5-25(2)15-30(17-9-7-6-8-10-17)21-19(29(3)23(25)33)14-26-24(28-21)27-18-12-11-16(22(31)32)13-20(18)34-4/h11-14,17H,5-10,15H2,1-4H3,(H,31,32)(H,26,27,28). The van der Waals surface area contributed by atoms with E-state index in [4.69, 9.17) is 9.72 Å². The average Bonchev–Trinajstić information content (AvgIpc) is 2.94.